The smallest absolute Gasteiger partial charge is 1.00 e. The fourth-order valence-corrected chi connectivity index (χ4v) is 3.70. The van der Waals surface area contributed by atoms with Gasteiger partial charge < -0.3 is 24.8 Å². The van der Waals surface area contributed by atoms with Crippen LogP contribution in [-0.2, 0) is 26.2 Å². The summed E-state index contributed by atoms with van der Waals surface area (Å²) < 4.78 is 1.61. The summed E-state index contributed by atoms with van der Waals surface area (Å²) in [6, 6.07) is 18.8. The van der Waals surface area contributed by atoms with E-state index in [9.17, 15) is 0 Å². The predicted molar refractivity (Wildman–Crippen MR) is 90.4 cm³/mol. The van der Waals surface area contributed by atoms with Crippen LogP contribution in [0.3, 0.4) is 0 Å². The van der Waals surface area contributed by atoms with Crippen molar-refractivity contribution < 1.29 is 51.0 Å². The van der Waals surface area contributed by atoms with Crippen molar-refractivity contribution in [2.75, 3.05) is 0 Å². The van der Waals surface area contributed by atoms with E-state index in [1.165, 1.54) is 0 Å². The number of hydrogen-bond donors (Lipinski definition) is 0. The zero-order chi connectivity index (χ0) is 14.0. The minimum atomic E-state index is -1.44. The van der Waals surface area contributed by atoms with Crippen LogP contribution in [0.1, 0.15) is 0 Å². The van der Waals surface area contributed by atoms with Crippen LogP contribution >= 0.6 is 0 Å². The Hall–Kier alpha value is 1.25. The predicted octanol–water partition coefficient (Wildman–Crippen LogP) is -1.27. The molecule has 0 unspecified atom stereocenters. The van der Waals surface area contributed by atoms with Crippen LogP contribution in [0.5, 0.6) is 0 Å². The van der Waals surface area contributed by atoms with Gasteiger partial charge in [-0.3, -0.25) is 0 Å². The number of halogens is 2. The van der Waals surface area contributed by atoms with Crippen LogP contribution < -0.4 is 29.2 Å². The molecule has 2 aromatic carbocycles. The molecular weight excluding hydrogens is 500 g/mol. The van der Waals surface area contributed by atoms with Gasteiger partial charge in [-0.15, -0.1) is 0 Å². The van der Waals surface area contributed by atoms with E-state index in [0.29, 0.717) is 0 Å². The number of hydrogen-bond acceptors (Lipinski definition) is 0. The van der Waals surface area contributed by atoms with Crippen LogP contribution in [0.2, 0.25) is 34.5 Å². The monoisotopic (exact) mass is 527 g/mol. The van der Waals surface area contributed by atoms with Crippen molar-refractivity contribution in [3.8, 4) is 0 Å². The normalized spacial score (nSPS) is 8.71. The first-order valence-corrected chi connectivity index (χ1v) is 20.1. The fourth-order valence-electron chi connectivity index (χ4n) is 1.19. The molecule has 0 heterocycles. The van der Waals surface area contributed by atoms with E-state index in [0.717, 1.165) is 0 Å². The van der Waals surface area contributed by atoms with Crippen LogP contribution in [0.15, 0.2) is 54.6 Å². The molecule has 0 nitrogen and oxygen atoms in total. The Morgan fingerprint density at radius 3 is 1.29 bits per heavy atom. The van der Waals surface area contributed by atoms with Gasteiger partial charge in [0.15, 0.2) is 0 Å². The Kier molecular flexibility index (Phi) is 25.3. The molecule has 1 radical (unpaired) electrons. The average molecular weight is 527 g/mol. The first-order valence-electron chi connectivity index (χ1n) is 6.49. The number of rotatable bonds is 1. The molecule has 0 aliphatic heterocycles. The Bertz CT molecular complexity index is 345. The van der Waals surface area contributed by atoms with Crippen LogP contribution in [0, 0.1) is 0 Å². The van der Waals surface area contributed by atoms with Crippen molar-refractivity contribution in [1.29, 1.82) is 0 Å². The second-order valence-electron chi connectivity index (χ2n) is 5.89. The van der Waals surface area contributed by atoms with E-state index >= 15 is 0 Å². The third-order valence-electron chi connectivity index (χ3n) is 2.08. The van der Waals surface area contributed by atoms with Gasteiger partial charge in [0, 0.05) is 0 Å². The molecule has 21 heavy (non-hydrogen) atoms. The molecule has 0 atom stereocenters. The Morgan fingerprint density at radius 2 is 1.14 bits per heavy atom. The third kappa shape index (κ3) is 21.2. The summed E-state index contributed by atoms with van der Waals surface area (Å²) in [6.07, 6.45) is 0. The van der Waals surface area contributed by atoms with E-state index in [1.807, 2.05) is 30.3 Å². The van der Waals surface area contributed by atoms with Gasteiger partial charge in [-0.2, -0.15) is 18.2 Å². The van der Waals surface area contributed by atoms with E-state index in [2.05, 4.69) is 58.8 Å². The van der Waals surface area contributed by atoms with Crippen LogP contribution in [0.25, 0.3) is 0 Å². The summed E-state index contributed by atoms with van der Waals surface area (Å²) in [4.78, 5) is 0. The molecule has 0 fully saturated rings. The van der Waals surface area contributed by atoms with E-state index in [4.69, 9.17) is 0 Å². The van der Waals surface area contributed by atoms with Crippen molar-refractivity contribution in [3.63, 3.8) is 0 Å². The molecular formula is C16H27Cl2Ge2Zr. The molecule has 117 valence electrons. The van der Waals surface area contributed by atoms with Crippen molar-refractivity contribution >= 4 is 32.0 Å². The second kappa shape index (κ2) is 17.6. The van der Waals surface area contributed by atoms with Crippen molar-refractivity contribution in [1.82, 2.24) is 0 Å². The maximum absolute atomic E-state index is 2.41. The topological polar surface area (TPSA) is 0 Å². The van der Waals surface area contributed by atoms with Gasteiger partial charge in [0.05, 0.1) is 0 Å². The first-order chi connectivity index (χ1) is 8.34. The SMILES string of the molecule is [CH3][Ge]([CH3])([CH3])[c-]1cccc1.[CH3][Ge]([CH3])[CH3].[Cl-].[Cl-].[Zr+4].c1cc[cH-]c1. The minimum Gasteiger partial charge on any atom is -1.00 e. The van der Waals surface area contributed by atoms with Gasteiger partial charge in [0.2, 0.25) is 0 Å². The van der Waals surface area contributed by atoms with Gasteiger partial charge in [-0.1, -0.05) is 0 Å². The molecule has 0 spiro atoms. The Labute approximate surface area is 170 Å². The summed E-state index contributed by atoms with van der Waals surface area (Å²) >= 11 is -1.77. The standard InChI is InChI=1S/C8H13Ge.C5H5.C3H9Ge.2ClH.Zr/c1-9(2,3)8-6-4-5-7-8;1-2-4-5-3-1;1-4(2)3;;;/h4-7H,1-3H3;1-5H;1-3H3;2*1H;/q2*-1;;;;+4/p-2. The fraction of sp³-hybridized carbons (Fsp3) is 0.375. The molecule has 2 aromatic rings. The molecule has 0 amide bonds. The van der Waals surface area contributed by atoms with Gasteiger partial charge in [0.1, 0.15) is 0 Å². The molecule has 0 aromatic heterocycles. The maximum Gasteiger partial charge on any atom is 4.00 e. The third-order valence-corrected chi connectivity index (χ3v) is 6.42. The molecule has 0 saturated heterocycles. The van der Waals surface area contributed by atoms with Crippen molar-refractivity contribution in [2.24, 2.45) is 0 Å². The van der Waals surface area contributed by atoms with Crippen molar-refractivity contribution in [3.05, 3.63) is 54.6 Å². The van der Waals surface area contributed by atoms with Gasteiger partial charge in [-0.25, -0.2) is 12.1 Å². The summed E-state index contributed by atoms with van der Waals surface area (Å²) in [5.74, 6) is 14.2. The molecule has 5 heteroatoms. The first kappa shape index (κ1) is 30.2. The summed E-state index contributed by atoms with van der Waals surface area (Å²) in [7, 11) is 0. The molecule has 0 aliphatic rings. The minimum absolute atomic E-state index is 0. The van der Waals surface area contributed by atoms with E-state index < -0.39 is 13.3 Å². The van der Waals surface area contributed by atoms with E-state index in [-0.39, 0.29) is 65.4 Å². The maximum atomic E-state index is 2.41. The molecule has 0 saturated carbocycles. The molecule has 0 aliphatic carbocycles. The largest absolute Gasteiger partial charge is 4.00 e. The van der Waals surface area contributed by atoms with Gasteiger partial charge in [-0.05, 0) is 0 Å². The second-order valence-corrected chi connectivity index (χ2v) is 22.8. The summed E-state index contributed by atoms with van der Waals surface area (Å²) in [6.45, 7) is 0. The van der Waals surface area contributed by atoms with Crippen LogP contribution in [-0.4, -0.2) is 27.6 Å². The summed E-state index contributed by atoms with van der Waals surface area (Å²) in [5, 5.41) is 0. The molecule has 0 N–H and O–H groups in total. The Morgan fingerprint density at radius 1 is 0.810 bits per heavy atom. The molecule has 2 rings (SSSR count). The zero-order valence-corrected chi connectivity index (χ0v) is 22.1. The molecule has 0 bridgehead atoms. The zero-order valence-electron chi connectivity index (χ0n) is 14.0. The summed E-state index contributed by atoms with van der Waals surface area (Å²) in [5.41, 5.74) is 0. The Balaban J connectivity index is -0.000000105. The van der Waals surface area contributed by atoms with Gasteiger partial charge in [0.25, 0.3) is 0 Å². The van der Waals surface area contributed by atoms with E-state index in [1.54, 1.807) is 4.40 Å². The van der Waals surface area contributed by atoms with Crippen molar-refractivity contribution in [2.45, 2.75) is 34.5 Å². The van der Waals surface area contributed by atoms with Gasteiger partial charge >= 0.3 is 117 Å². The van der Waals surface area contributed by atoms with Crippen LogP contribution in [0.4, 0.5) is 0 Å². The average Bonchev–Trinajstić information content (AvgIpc) is 2.93. The quantitative estimate of drug-likeness (QED) is 0.321.